The molecule has 7 nitrogen and oxygen atoms in total. The molecule has 0 saturated carbocycles. The van der Waals surface area contributed by atoms with Crippen molar-refractivity contribution < 1.29 is 27.5 Å². The summed E-state index contributed by atoms with van der Waals surface area (Å²) in [4.78, 5) is 35.6. The van der Waals surface area contributed by atoms with Crippen molar-refractivity contribution in [2.24, 2.45) is 0 Å². The maximum Gasteiger partial charge on any atom is 0.573 e. The van der Waals surface area contributed by atoms with Crippen molar-refractivity contribution in [3.05, 3.63) is 101 Å². The molecule has 0 fully saturated rings. The van der Waals surface area contributed by atoms with Gasteiger partial charge in [-0.3, -0.25) is 9.59 Å². The Morgan fingerprint density at radius 2 is 1.68 bits per heavy atom. The second-order valence-corrected chi connectivity index (χ2v) is 9.48. The number of rotatable bonds is 11. The molecular formula is C31H29F3N4O3. The van der Waals surface area contributed by atoms with Crippen LogP contribution < -0.4 is 15.0 Å². The summed E-state index contributed by atoms with van der Waals surface area (Å²) in [5, 5.41) is 3.16. The number of Topliss-reactive ketones (excluding diaryl/α,β-unsaturated/α-hetero) is 2. The molecule has 1 N–H and O–H groups in total. The molecule has 0 unspecified atom stereocenters. The molecule has 3 aromatic carbocycles. The molecule has 4 rings (SSSR count). The van der Waals surface area contributed by atoms with Crippen molar-refractivity contribution in [1.82, 2.24) is 9.97 Å². The third-order valence-corrected chi connectivity index (χ3v) is 6.36. The lowest BCUT2D eigenvalue weighted by atomic mass is 10.0. The summed E-state index contributed by atoms with van der Waals surface area (Å²) < 4.78 is 41.4. The van der Waals surface area contributed by atoms with Gasteiger partial charge in [0, 0.05) is 49.4 Å². The molecule has 0 atom stereocenters. The molecule has 0 amide bonds. The van der Waals surface area contributed by atoms with Gasteiger partial charge in [0.05, 0.1) is 0 Å². The molecule has 41 heavy (non-hydrogen) atoms. The fraction of sp³-hybridized carbons (Fsp3) is 0.226. The first kappa shape index (κ1) is 29.3. The number of ketones is 2. The van der Waals surface area contributed by atoms with E-state index in [1.165, 1.54) is 18.2 Å². The molecule has 0 aliphatic carbocycles. The summed E-state index contributed by atoms with van der Waals surface area (Å²) >= 11 is 0. The maximum absolute atomic E-state index is 12.6. The van der Waals surface area contributed by atoms with Gasteiger partial charge >= 0.3 is 6.36 Å². The Kier molecular flexibility index (Phi) is 9.01. The monoisotopic (exact) mass is 562 g/mol. The number of nitrogens with zero attached hydrogens (tertiary/aromatic N) is 3. The van der Waals surface area contributed by atoms with Gasteiger partial charge in [-0.2, -0.15) is 4.98 Å². The van der Waals surface area contributed by atoms with E-state index in [0.29, 0.717) is 35.0 Å². The fourth-order valence-corrected chi connectivity index (χ4v) is 4.26. The van der Waals surface area contributed by atoms with Crippen LogP contribution in [0.4, 0.5) is 36.3 Å². The van der Waals surface area contributed by atoms with E-state index in [-0.39, 0.29) is 30.2 Å². The topological polar surface area (TPSA) is 84.4 Å². The van der Waals surface area contributed by atoms with E-state index >= 15 is 0 Å². The van der Waals surface area contributed by atoms with Crippen molar-refractivity contribution in [2.45, 2.75) is 39.5 Å². The summed E-state index contributed by atoms with van der Waals surface area (Å²) in [5.74, 6) is 0.579. The number of nitrogens with one attached hydrogen (secondary N) is 1. The zero-order valence-corrected chi connectivity index (χ0v) is 22.8. The minimum absolute atomic E-state index is 0.0114. The Morgan fingerprint density at radius 1 is 0.951 bits per heavy atom. The lowest BCUT2D eigenvalue weighted by Crippen LogP contribution is -2.17. The predicted octanol–water partition coefficient (Wildman–Crippen LogP) is 7.14. The second-order valence-electron chi connectivity index (χ2n) is 9.48. The number of carbonyl (C=O) groups excluding carboxylic acids is 2. The van der Waals surface area contributed by atoms with E-state index in [1.807, 2.05) is 62.2 Å². The number of ether oxygens (including phenoxy) is 1. The van der Waals surface area contributed by atoms with Gasteiger partial charge in [-0.25, -0.2) is 4.98 Å². The number of hydrogen-bond donors (Lipinski definition) is 1. The van der Waals surface area contributed by atoms with Crippen LogP contribution in [0.1, 0.15) is 40.4 Å². The van der Waals surface area contributed by atoms with Crippen molar-refractivity contribution in [3.8, 4) is 5.75 Å². The van der Waals surface area contributed by atoms with Crippen molar-refractivity contribution in [3.63, 3.8) is 0 Å². The van der Waals surface area contributed by atoms with Crippen molar-refractivity contribution >= 4 is 34.7 Å². The molecular weight excluding hydrogens is 533 g/mol. The first-order valence-electron chi connectivity index (χ1n) is 12.9. The summed E-state index contributed by atoms with van der Waals surface area (Å²) in [5.41, 5.74) is 4.33. The molecule has 0 spiro atoms. The van der Waals surface area contributed by atoms with Crippen LogP contribution in [0.15, 0.2) is 79.0 Å². The van der Waals surface area contributed by atoms with Crippen LogP contribution in [0.25, 0.3) is 0 Å². The number of halogens is 3. The Hall–Kier alpha value is -4.73. The third kappa shape index (κ3) is 8.14. The Bertz CT molecular complexity index is 1540. The number of carbonyl (C=O) groups is 2. The van der Waals surface area contributed by atoms with Crippen LogP contribution in [0, 0.1) is 6.92 Å². The molecule has 4 aromatic rings. The SMILES string of the molecule is CCC(=O)c1cc(Nc2nccc(N(C)c3ccc(CC(=O)Cc4cccc(OC(F)(F)F)c4)cc3)n2)ccc1C. The minimum atomic E-state index is -4.79. The van der Waals surface area contributed by atoms with Crippen LogP contribution in [-0.2, 0) is 17.6 Å². The van der Waals surface area contributed by atoms with E-state index in [9.17, 15) is 22.8 Å². The number of aryl methyl sites for hydroxylation is 1. The lowest BCUT2D eigenvalue weighted by Gasteiger charge is -2.19. The summed E-state index contributed by atoms with van der Waals surface area (Å²) in [6, 6.07) is 20.1. The molecule has 0 radical (unpaired) electrons. The Labute approximate surface area is 236 Å². The predicted molar refractivity (Wildman–Crippen MR) is 151 cm³/mol. The van der Waals surface area contributed by atoms with Gasteiger partial charge in [-0.1, -0.05) is 37.3 Å². The fourth-order valence-electron chi connectivity index (χ4n) is 4.26. The van der Waals surface area contributed by atoms with Crippen molar-refractivity contribution in [1.29, 1.82) is 0 Å². The standard InChI is InChI=1S/C31H29F3N4O3/c1-4-28(40)27-19-23(11-8-20(27)2)36-30-35-15-14-29(37-30)38(3)24-12-9-21(10-13-24)16-25(39)17-22-6-5-7-26(18-22)41-31(32,33)34/h5-15,18-19H,4,16-17H2,1-3H3,(H,35,36,37). The normalized spacial score (nSPS) is 11.2. The molecule has 1 aromatic heterocycles. The zero-order valence-electron chi connectivity index (χ0n) is 22.8. The Morgan fingerprint density at radius 3 is 2.39 bits per heavy atom. The molecule has 0 saturated heterocycles. The van der Waals surface area contributed by atoms with Gasteiger partial charge in [-0.15, -0.1) is 13.2 Å². The average molecular weight is 563 g/mol. The molecule has 1 heterocycles. The summed E-state index contributed by atoms with van der Waals surface area (Å²) in [6.07, 6.45) is -2.61. The number of benzene rings is 3. The van der Waals surface area contributed by atoms with E-state index in [2.05, 4.69) is 20.0 Å². The molecule has 0 aliphatic heterocycles. The van der Waals surface area contributed by atoms with E-state index in [4.69, 9.17) is 0 Å². The average Bonchev–Trinajstić information content (AvgIpc) is 2.93. The second kappa shape index (κ2) is 12.6. The van der Waals surface area contributed by atoms with Gasteiger partial charge in [0.25, 0.3) is 0 Å². The molecule has 212 valence electrons. The zero-order chi connectivity index (χ0) is 29.6. The highest BCUT2D eigenvalue weighted by Gasteiger charge is 2.31. The van der Waals surface area contributed by atoms with E-state index in [1.54, 1.807) is 24.4 Å². The maximum atomic E-state index is 12.6. The van der Waals surface area contributed by atoms with Crippen LogP contribution in [0.5, 0.6) is 5.75 Å². The number of hydrogen-bond acceptors (Lipinski definition) is 7. The highest BCUT2D eigenvalue weighted by molar-refractivity contribution is 5.98. The number of alkyl halides is 3. The molecule has 0 aliphatic rings. The Balaban J connectivity index is 1.39. The lowest BCUT2D eigenvalue weighted by molar-refractivity contribution is -0.274. The van der Waals surface area contributed by atoms with Crippen LogP contribution in [-0.4, -0.2) is 34.9 Å². The molecule has 10 heteroatoms. The van der Waals surface area contributed by atoms with Gasteiger partial charge in [0.15, 0.2) is 5.78 Å². The number of anilines is 4. The first-order valence-corrected chi connectivity index (χ1v) is 12.9. The summed E-state index contributed by atoms with van der Waals surface area (Å²) in [7, 11) is 1.85. The largest absolute Gasteiger partial charge is 0.573 e. The van der Waals surface area contributed by atoms with Gasteiger partial charge in [0.2, 0.25) is 5.95 Å². The highest BCUT2D eigenvalue weighted by Crippen LogP contribution is 2.26. The van der Waals surface area contributed by atoms with Crippen LogP contribution in [0.3, 0.4) is 0 Å². The van der Waals surface area contributed by atoms with Gasteiger partial charge in [-0.05, 0) is 66.1 Å². The van der Waals surface area contributed by atoms with Crippen LogP contribution >= 0.6 is 0 Å². The van der Waals surface area contributed by atoms with Gasteiger partial charge < -0.3 is 15.0 Å². The van der Waals surface area contributed by atoms with E-state index in [0.717, 1.165) is 16.8 Å². The minimum Gasteiger partial charge on any atom is -0.406 e. The van der Waals surface area contributed by atoms with E-state index < -0.39 is 6.36 Å². The van der Waals surface area contributed by atoms with Crippen molar-refractivity contribution in [2.75, 3.05) is 17.3 Å². The van der Waals surface area contributed by atoms with Crippen LogP contribution in [0.2, 0.25) is 0 Å². The number of aromatic nitrogens is 2. The molecule has 0 bridgehead atoms. The quantitative estimate of drug-likeness (QED) is 0.195. The third-order valence-electron chi connectivity index (χ3n) is 6.36. The smallest absolute Gasteiger partial charge is 0.406 e. The van der Waals surface area contributed by atoms with Gasteiger partial charge in [0.1, 0.15) is 17.4 Å². The first-order chi connectivity index (χ1) is 19.5. The summed E-state index contributed by atoms with van der Waals surface area (Å²) in [6.45, 7) is 3.73. The highest BCUT2D eigenvalue weighted by atomic mass is 19.4.